The molecule has 0 saturated carbocycles. The van der Waals surface area contributed by atoms with E-state index in [0.29, 0.717) is 64.6 Å². The van der Waals surface area contributed by atoms with Crippen LogP contribution in [-0.2, 0) is 62.1 Å². The Kier molecular flexibility index (Phi) is 36.5. The summed E-state index contributed by atoms with van der Waals surface area (Å²) in [6, 6.07) is -0.810. The maximum absolute atomic E-state index is 13.0. The molecule has 0 aliphatic heterocycles. The van der Waals surface area contributed by atoms with Gasteiger partial charge in [0.05, 0.1) is 45.4 Å². The van der Waals surface area contributed by atoms with Crippen LogP contribution in [0.5, 0.6) is 0 Å². The summed E-state index contributed by atoms with van der Waals surface area (Å²) < 4.78 is 21.4. The number of amides is 8. The smallest absolute Gasteiger partial charge is 0.246 e. The number of thioether (sulfide) groups is 1. The fourth-order valence-electron chi connectivity index (χ4n) is 5.35. The second-order valence-corrected chi connectivity index (χ2v) is 16.0. The van der Waals surface area contributed by atoms with E-state index in [4.69, 9.17) is 30.4 Å². The first-order chi connectivity index (χ1) is 30.1. The molecule has 3 atom stereocenters. The van der Waals surface area contributed by atoms with Crippen molar-refractivity contribution >= 4 is 64.1 Å². The average molecular weight is 919 g/mol. The quantitative estimate of drug-likeness (QED) is 0.0353. The molecular weight excluding hydrogens is 845 g/mol. The predicted molar refractivity (Wildman–Crippen MR) is 236 cm³/mol. The van der Waals surface area contributed by atoms with E-state index < -0.39 is 6.04 Å². The number of hydrogen-bond acceptors (Lipinski definition) is 14. The Morgan fingerprint density at radius 3 is 1.41 bits per heavy atom. The molecular formula is C41H74N8O13S. The van der Waals surface area contributed by atoms with Crippen LogP contribution in [0.1, 0.15) is 97.8 Å². The monoisotopic (exact) mass is 919 g/mol. The summed E-state index contributed by atoms with van der Waals surface area (Å²) in [4.78, 5) is 107. The molecule has 0 saturated heterocycles. The molecule has 0 aromatic heterocycles. The van der Waals surface area contributed by atoms with Crippen molar-refractivity contribution in [2.24, 2.45) is 23.3 Å². The van der Waals surface area contributed by atoms with Gasteiger partial charge in [-0.15, -0.1) is 0 Å². The molecule has 21 nitrogen and oxygen atoms in total. The summed E-state index contributed by atoms with van der Waals surface area (Å²) in [7, 11) is 0. The van der Waals surface area contributed by atoms with Crippen molar-refractivity contribution in [2.45, 2.75) is 104 Å². The molecule has 0 unspecified atom stereocenters. The molecule has 0 fully saturated rings. The van der Waals surface area contributed by atoms with E-state index in [1.807, 2.05) is 0 Å². The van der Waals surface area contributed by atoms with Crippen molar-refractivity contribution in [3.8, 4) is 0 Å². The second kappa shape index (κ2) is 39.2. The van der Waals surface area contributed by atoms with Gasteiger partial charge in [-0.2, -0.15) is 0 Å². The zero-order valence-corrected chi connectivity index (χ0v) is 38.3. The number of nitrogens with two attached hydrogens (primary N) is 2. The van der Waals surface area contributed by atoms with Crippen molar-refractivity contribution in [2.75, 3.05) is 91.3 Å². The van der Waals surface area contributed by atoms with Crippen LogP contribution in [0.15, 0.2) is 0 Å². The highest BCUT2D eigenvalue weighted by atomic mass is 32.2. The number of hydrogen-bond donors (Lipinski definition) is 8. The first kappa shape index (κ1) is 58.6. The van der Waals surface area contributed by atoms with Crippen LogP contribution in [0, 0.1) is 11.8 Å². The lowest BCUT2D eigenvalue weighted by atomic mass is 10.0. The molecule has 63 heavy (non-hydrogen) atoms. The van der Waals surface area contributed by atoms with Gasteiger partial charge in [0.25, 0.3) is 0 Å². The van der Waals surface area contributed by atoms with E-state index >= 15 is 0 Å². The minimum absolute atomic E-state index is 0.0290. The van der Waals surface area contributed by atoms with Gasteiger partial charge in [-0.3, -0.25) is 43.2 Å². The Labute approximate surface area is 375 Å². The molecule has 22 heteroatoms. The predicted octanol–water partition coefficient (Wildman–Crippen LogP) is -0.678. The number of carbonyl (C=O) groups excluding carboxylic acids is 9. The van der Waals surface area contributed by atoms with E-state index in [1.54, 1.807) is 13.8 Å². The van der Waals surface area contributed by atoms with E-state index in [0.717, 1.165) is 24.6 Å². The fraction of sp³-hybridized carbons (Fsp3) is 0.780. The van der Waals surface area contributed by atoms with Crippen molar-refractivity contribution in [3.05, 3.63) is 0 Å². The van der Waals surface area contributed by atoms with Crippen LogP contribution in [0.3, 0.4) is 0 Å². The van der Waals surface area contributed by atoms with Crippen LogP contribution in [0.4, 0.5) is 0 Å². The molecule has 0 aromatic rings. The normalized spacial score (nSPS) is 12.3. The number of unbranched alkanes of at least 4 members (excludes halogenated alkanes) is 3. The molecule has 0 heterocycles. The van der Waals surface area contributed by atoms with E-state index in [9.17, 15) is 43.2 Å². The Morgan fingerprint density at radius 1 is 0.476 bits per heavy atom. The maximum Gasteiger partial charge on any atom is 0.246 e. The van der Waals surface area contributed by atoms with Crippen LogP contribution < -0.4 is 43.4 Å². The molecule has 0 radical (unpaired) electrons. The van der Waals surface area contributed by atoms with E-state index in [1.165, 1.54) is 6.92 Å². The average Bonchev–Trinajstić information content (AvgIpc) is 3.23. The third-order valence-electron chi connectivity index (χ3n) is 9.18. The highest BCUT2D eigenvalue weighted by molar-refractivity contribution is 8.14. The van der Waals surface area contributed by atoms with Gasteiger partial charge >= 0.3 is 0 Å². The summed E-state index contributed by atoms with van der Waals surface area (Å²) in [5, 5.41) is 16.3. The number of ether oxygens (including phenoxy) is 4. The summed E-state index contributed by atoms with van der Waals surface area (Å²) >= 11 is 0.921. The van der Waals surface area contributed by atoms with E-state index in [2.05, 4.69) is 31.9 Å². The molecule has 0 spiro atoms. The van der Waals surface area contributed by atoms with Gasteiger partial charge in [0.2, 0.25) is 47.3 Å². The lowest BCUT2D eigenvalue weighted by Crippen LogP contribution is -2.47. The SMILES string of the molecule is CC(=O)SCC(=O)NCCCC[C@H](NC(=O)CCCC(=O)NCCOCCOCC(=O)NCCOCCOCC(=O)NCCCC[C@H](C)C(N)=O)C(=O)NCCCC[C@@H](C)C(N)=O. The van der Waals surface area contributed by atoms with Gasteiger partial charge in [-0.25, -0.2) is 0 Å². The van der Waals surface area contributed by atoms with Crippen LogP contribution in [-0.4, -0.2) is 150 Å². The van der Waals surface area contributed by atoms with Crippen LogP contribution in [0.2, 0.25) is 0 Å². The first-order valence-electron chi connectivity index (χ1n) is 21.8. The number of rotatable bonds is 41. The molecule has 362 valence electrons. The number of nitrogens with one attached hydrogen (secondary N) is 6. The van der Waals surface area contributed by atoms with Gasteiger partial charge in [0, 0.05) is 64.3 Å². The lowest BCUT2D eigenvalue weighted by molar-refractivity contribution is -0.129. The largest absolute Gasteiger partial charge is 0.377 e. The molecule has 0 bridgehead atoms. The van der Waals surface area contributed by atoms with Crippen molar-refractivity contribution in [3.63, 3.8) is 0 Å². The highest BCUT2D eigenvalue weighted by Crippen LogP contribution is 2.08. The van der Waals surface area contributed by atoms with Crippen molar-refractivity contribution in [1.29, 1.82) is 0 Å². The lowest BCUT2D eigenvalue weighted by Gasteiger charge is -2.19. The van der Waals surface area contributed by atoms with Gasteiger partial charge in [-0.1, -0.05) is 38.5 Å². The Hall–Kier alpha value is -4.38. The van der Waals surface area contributed by atoms with Crippen LogP contribution >= 0.6 is 11.8 Å². The van der Waals surface area contributed by atoms with Crippen molar-refractivity contribution in [1.82, 2.24) is 31.9 Å². The first-order valence-corrected chi connectivity index (χ1v) is 22.8. The van der Waals surface area contributed by atoms with Gasteiger partial charge in [0.15, 0.2) is 5.12 Å². The molecule has 0 rings (SSSR count). The minimum Gasteiger partial charge on any atom is -0.377 e. The second-order valence-electron chi connectivity index (χ2n) is 14.9. The Balaban J connectivity index is 4.08. The zero-order valence-electron chi connectivity index (χ0n) is 37.5. The van der Waals surface area contributed by atoms with Gasteiger partial charge in [-0.05, 0) is 51.4 Å². The number of primary amides is 2. The summed E-state index contributed by atoms with van der Waals surface area (Å²) in [5.74, 6) is -2.91. The summed E-state index contributed by atoms with van der Waals surface area (Å²) in [6.45, 7) is 7.70. The Morgan fingerprint density at radius 2 is 0.905 bits per heavy atom. The van der Waals surface area contributed by atoms with E-state index in [-0.39, 0.29) is 155 Å². The molecule has 10 N–H and O–H groups in total. The molecule has 0 aromatic carbocycles. The van der Waals surface area contributed by atoms with Crippen LogP contribution in [0.25, 0.3) is 0 Å². The van der Waals surface area contributed by atoms with Gasteiger partial charge in [0.1, 0.15) is 19.3 Å². The summed E-state index contributed by atoms with van der Waals surface area (Å²) in [5.41, 5.74) is 10.5. The minimum atomic E-state index is -0.810. The molecule has 0 aliphatic rings. The van der Waals surface area contributed by atoms with Gasteiger partial charge < -0.3 is 62.3 Å². The highest BCUT2D eigenvalue weighted by Gasteiger charge is 2.20. The number of carbonyl (C=O) groups is 9. The fourth-order valence-corrected chi connectivity index (χ4v) is 5.78. The Bertz CT molecular complexity index is 1380. The van der Waals surface area contributed by atoms with Crippen molar-refractivity contribution < 1.29 is 62.1 Å². The third-order valence-corrected chi connectivity index (χ3v) is 9.99. The zero-order chi connectivity index (χ0) is 47.1. The topological polar surface area (TPSA) is 315 Å². The molecule has 8 amide bonds. The third kappa shape index (κ3) is 37.9. The standard InChI is InChI=1S/C41H74N8O13S/c1-30(39(42)56)11-4-7-16-44-36(53)27-61-25-24-60-22-20-47-37(54)28-62-26-23-59-21-19-46-34(51)14-10-15-35(52)49-33(13-6-9-17-45-38(55)29-63-32(3)50)41(58)48-18-8-5-12-31(2)40(43)57/h30-31,33H,4-29H2,1-3H3,(H2,42,56)(H2,43,57)(H,44,53)(H,45,55)(H,46,51)(H,47,54)(H,48,58)(H,49,52)/t30-,31+,33-/m0/s1. The summed E-state index contributed by atoms with van der Waals surface area (Å²) in [6.07, 6.45) is 5.95. The maximum atomic E-state index is 13.0. The molecule has 0 aliphatic carbocycles.